The summed E-state index contributed by atoms with van der Waals surface area (Å²) in [7, 11) is 0. The average Bonchev–Trinajstić information content (AvgIpc) is 3.10. The minimum atomic E-state index is 0.285. The summed E-state index contributed by atoms with van der Waals surface area (Å²) >= 11 is 0. The number of aromatic nitrogens is 1. The number of nitrogens with zero attached hydrogens (tertiary/aromatic N) is 1. The predicted molar refractivity (Wildman–Crippen MR) is 75.5 cm³/mol. The van der Waals surface area contributed by atoms with Gasteiger partial charge in [-0.25, -0.2) is 4.98 Å². The van der Waals surface area contributed by atoms with Gasteiger partial charge in [0.2, 0.25) is 12.7 Å². The van der Waals surface area contributed by atoms with Gasteiger partial charge >= 0.3 is 0 Å². The Balaban J connectivity index is 1.64. The van der Waals surface area contributed by atoms with Gasteiger partial charge in [0.25, 0.3) is 0 Å². The van der Waals surface area contributed by atoms with E-state index in [1.807, 2.05) is 54.6 Å². The van der Waals surface area contributed by atoms with E-state index in [2.05, 4.69) is 4.98 Å². The molecule has 4 nitrogen and oxygen atoms in total. The molecule has 0 bridgehead atoms. The van der Waals surface area contributed by atoms with Crippen LogP contribution in [0.2, 0.25) is 0 Å². The SMILES string of the molecule is C(=C/c1nc2ccccc2o1)/c1ccc2c(c1)OCO2. The maximum absolute atomic E-state index is 5.63. The third kappa shape index (κ3) is 1.91. The number of rotatable bonds is 2. The summed E-state index contributed by atoms with van der Waals surface area (Å²) in [4.78, 5) is 4.39. The fourth-order valence-corrected chi connectivity index (χ4v) is 2.15. The molecule has 4 rings (SSSR count). The van der Waals surface area contributed by atoms with Crippen molar-refractivity contribution in [2.45, 2.75) is 0 Å². The first kappa shape index (κ1) is 11.1. The van der Waals surface area contributed by atoms with Gasteiger partial charge in [-0.1, -0.05) is 18.2 Å². The lowest BCUT2D eigenvalue weighted by Crippen LogP contribution is -1.92. The highest BCUT2D eigenvalue weighted by molar-refractivity contribution is 5.76. The standard InChI is InChI=1S/C16H11NO3/c1-2-4-13-12(3-1)17-16(20-13)8-6-11-5-7-14-15(9-11)19-10-18-14/h1-9H,10H2/b8-6-. The number of benzene rings is 2. The third-order valence-electron chi connectivity index (χ3n) is 3.13. The minimum Gasteiger partial charge on any atom is -0.454 e. The fourth-order valence-electron chi connectivity index (χ4n) is 2.15. The van der Waals surface area contributed by atoms with Crippen LogP contribution < -0.4 is 9.47 Å². The maximum Gasteiger partial charge on any atom is 0.231 e. The normalized spacial score (nSPS) is 13.4. The van der Waals surface area contributed by atoms with Gasteiger partial charge in [-0.2, -0.15) is 0 Å². The van der Waals surface area contributed by atoms with Crippen LogP contribution >= 0.6 is 0 Å². The van der Waals surface area contributed by atoms with Crippen molar-refractivity contribution < 1.29 is 13.9 Å². The highest BCUT2D eigenvalue weighted by Gasteiger charge is 2.12. The zero-order chi connectivity index (χ0) is 13.4. The number of fused-ring (bicyclic) bond motifs is 2. The van der Waals surface area contributed by atoms with Crippen molar-refractivity contribution in [2.75, 3.05) is 6.79 Å². The molecule has 20 heavy (non-hydrogen) atoms. The largest absolute Gasteiger partial charge is 0.454 e. The molecule has 1 aliphatic rings. The lowest BCUT2D eigenvalue weighted by Gasteiger charge is -1.96. The molecule has 0 saturated carbocycles. The zero-order valence-electron chi connectivity index (χ0n) is 10.6. The van der Waals surface area contributed by atoms with E-state index in [0.717, 1.165) is 28.2 Å². The Morgan fingerprint density at radius 1 is 0.950 bits per heavy atom. The third-order valence-corrected chi connectivity index (χ3v) is 3.13. The van der Waals surface area contributed by atoms with Crippen LogP contribution in [0, 0.1) is 0 Å². The molecule has 0 saturated heterocycles. The van der Waals surface area contributed by atoms with Crippen LogP contribution in [-0.2, 0) is 0 Å². The Kier molecular flexibility index (Phi) is 2.45. The Morgan fingerprint density at radius 2 is 1.85 bits per heavy atom. The molecular formula is C16H11NO3. The molecule has 0 N–H and O–H groups in total. The minimum absolute atomic E-state index is 0.285. The molecule has 0 spiro atoms. The summed E-state index contributed by atoms with van der Waals surface area (Å²) in [5.74, 6) is 2.14. The van der Waals surface area contributed by atoms with Gasteiger partial charge in [0.05, 0.1) is 0 Å². The Morgan fingerprint density at radius 3 is 2.80 bits per heavy atom. The molecule has 2 aromatic carbocycles. The molecule has 1 aromatic heterocycles. The topological polar surface area (TPSA) is 44.5 Å². The lowest BCUT2D eigenvalue weighted by molar-refractivity contribution is 0.174. The van der Waals surface area contributed by atoms with Crippen molar-refractivity contribution in [1.29, 1.82) is 0 Å². The molecular weight excluding hydrogens is 254 g/mol. The first-order valence-corrected chi connectivity index (χ1v) is 6.32. The van der Waals surface area contributed by atoms with Gasteiger partial charge in [0.15, 0.2) is 17.1 Å². The van der Waals surface area contributed by atoms with E-state index in [0.29, 0.717) is 5.89 Å². The molecule has 4 heteroatoms. The van der Waals surface area contributed by atoms with Crippen LogP contribution in [-0.4, -0.2) is 11.8 Å². The molecule has 0 aliphatic carbocycles. The van der Waals surface area contributed by atoms with E-state index in [1.165, 1.54) is 0 Å². The van der Waals surface area contributed by atoms with Crippen molar-refractivity contribution in [3.8, 4) is 11.5 Å². The van der Waals surface area contributed by atoms with Crippen LogP contribution in [0.1, 0.15) is 11.5 Å². The van der Waals surface area contributed by atoms with Crippen LogP contribution in [0.5, 0.6) is 11.5 Å². The molecule has 0 unspecified atom stereocenters. The number of hydrogen-bond donors (Lipinski definition) is 0. The molecule has 0 fully saturated rings. The second-order valence-corrected chi connectivity index (χ2v) is 4.47. The van der Waals surface area contributed by atoms with Crippen LogP contribution in [0.4, 0.5) is 0 Å². The van der Waals surface area contributed by atoms with Gasteiger partial charge in [-0.05, 0) is 35.9 Å². The Hall–Kier alpha value is -2.75. The van der Waals surface area contributed by atoms with Crippen molar-refractivity contribution in [1.82, 2.24) is 4.98 Å². The summed E-state index contributed by atoms with van der Waals surface area (Å²) in [5, 5.41) is 0. The van der Waals surface area contributed by atoms with Crippen LogP contribution in [0.3, 0.4) is 0 Å². The lowest BCUT2D eigenvalue weighted by atomic mass is 10.2. The van der Waals surface area contributed by atoms with Gasteiger partial charge in [-0.15, -0.1) is 0 Å². The smallest absolute Gasteiger partial charge is 0.231 e. The summed E-state index contributed by atoms with van der Waals surface area (Å²) in [6.45, 7) is 0.285. The fraction of sp³-hybridized carbons (Fsp3) is 0.0625. The Bertz CT molecular complexity index is 771. The zero-order valence-corrected chi connectivity index (χ0v) is 10.6. The first-order valence-electron chi connectivity index (χ1n) is 6.32. The molecule has 0 amide bonds. The molecule has 1 aliphatic heterocycles. The van der Waals surface area contributed by atoms with E-state index in [-0.39, 0.29) is 6.79 Å². The van der Waals surface area contributed by atoms with Crippen LogP contribution in [0.25, 0.3) is 23.3 Å². The van der Waals surface area contributed by atoms with Crippen molar-refractivity contribution in [2.24, 2.45) is 0 Å². The second kappa shape index (κ2) is 4.42. The number of ether oxygens (including phenoxy) is 2. The predicted octanol–water partition coefficient (Wildman–Crippen LogP) is 3.73. The monoisotopic (exact) mass is 265 g/mol. The quantitative estimate of drug-likeness (QED) is 0.708. The van der Waals surface area contributed by atoms with E-state index in [1.54, 1.807) is 0 Å². The maximum atomic E-state index is 5.63. The second-order valence-electron chi connectivity index (χ2n) is 4.47. The highest BCUT2D eigenvalue weighted by Crippen LogP contribution is 2.33. The molecule has 98 valence electrons. The van der Waals surface area contributed by atoms with E-state index < -0.39 is 0 Å². The van der Waals surface area contributed by atoms with Gasteiger partial charge in [-0.3, -0.25) is 0 Å². The summed E-state index contributed by atoms with van der Waals surface area (Å²) in [5.41, 5.74) is 2.66. The number of oxazole rings is 1. The van der Waals surface area contributed by atoms with Crippen molar-refractivity contribution in [3.63, 3.8) is 0 Å². The van der Waals surface area contributed by atoms with Gasteiger partial charge in [0.1, 0.15) is 5.52 Å². The van der Waals surface area contributed by atoms with Gasteiger partial charge < -0.3 is 13.9 Å². The summed E-state index contributed by atoms with van der Waals surface area (Å²) in [6, 6.07) is 13.5. The Labute approximate surface area is 115 Å². The van der Waals surface area contributed by atoms with E-state index in [9.17, 15) is 0 Å². The molecule has 0 atom stereocenters. The number of hydrogen-bond acceptors (Lipinski definition) is 4. The first-order chi connectivity index (χ1) is 9.88. The summed E-state index contributed by atoms with van der Waals surface area (Å²) in [6.07, 6.45) is 3.78. The van der Waals surface area contributed by atoms with E-state index in [4.69, 9.17) is 13.9 Å². The van der Waals surface area contributed by atoms with Gasteiger partial charge in [0, 0.05) is 6.08 Å². The summed E-state index contributed by atoms with van der Waals surface area (Å²) < 4.78 is 16.3. The molecule has 2 heterocycles. The van der Waals surface area contributed by atoms with Crippen molar-refractivity contribution >= 4 is 23.3 Å². The molecule has 3 aromatic rings. The van der Waals surface area contributed by atoms with Crippen LogP contribution in [0.15, 0.2) is 46.9 Å². The average molecular weight is 265 g/mol. The molecule has 0 radical (unpaired) electrons. The van der Waals surface area contributed by atoms with Crippen molar-refractivity contribution in [3.05, 3.63) is 53.9 Å². The van der Waals surface area contributed by atoms with E-state index >= 15 is 0 Å². The number of para-hydroxylation sites is 2. The highest BCUT2D eigenvalue weighted by atomic mass is 16.7.